The van der Waals surface area contributed by atoms with E-state index >= 15 is 0 Å². The number of thiophene rings is 1. The number of ketones is 1. The molecule has 3 aromatic rings. The van der Waals surface area contributed by atoms with Gasteiger partial charge in [-0.05, 0) is 48.6 Å². The first-order chi connectivity index (χ1) is 13.0. The minimum absolute atomic E-state index is 0.0202. The third-order valence-electron chi connectivity index (χ3n) is 5.48. The number of amides is 1. The number of rotatable bonds is 3. The molecule has 7 heteroatoms. The van der Waals surface area contributed by atoms with Gasteiger partial charge in [0.25, 0.3) is 5.56 Å². The monoisotopic (exact) mass is 379 g/mol. The lowest BCUT2D eigenvalue weighted by Gasteiger charge is -2.10. The number of likely N-dealkylation sites (N-methyl/N-ethyl adjacent to an activating group) is 1. The smallest absolute Gasteiger partial charge is 0.262 e. The van der Waals surface area contributed by atoms with Gasteiger partial charge in [-0.25, -0.2) is 4.98 Å². The summed E-state index contributed by atoms with van der Waals surface area (Å²) in [6.45, 7) is -0.0467. The third-order valence-corrected chi connectivity index (χ3v) is 6.68. The molecule has 1 aliphatic heterocycles. The van der Waals surface area contributed by atoms with Crippen molar-refractivity contribution in [2.45, 2.75) is 32.2 Å². The highest BCUT2D eigenvalue weighted by Gasteiger charge is 2.25. The highest BCUT2D eigenvalue weighted by Crippen LogP contribution is 2.34. The van der Waals surface area contributed by atoms with Crippen LogP contribution in [0, 0.1) is 0 Å². The Hall–Kier alpha value is -2.80. The Morgan fingerprint density at radius 1 is 1.26 bits per heavy atom. The second-order valence-corrected chi connectivity index (χ2v) is 8.19. The van der Waals surface area contributed by atoms with Crippen LogP contribution in [0.4, 0.5) is 5.69 Å². The number of hydrogen-bond donors (Lipinski definition) is 0. The fourth-order valence-electron chi connectivity index (χ4n) is 4.02. The lowest BCUT2D eigenvalue weighted by molar-refractivity contribution is -0.117. The number of aryl methyl sites for hydroxylation is 2. The van der Waals surface area contributed by atoms with Crippen LogP contribution >= 0.6 is 11.3 Å². The summed E-state index contributed by atoms with van der Waals surface area (Å²) in [5.74, 6) is -0.137. The van der Waals surface area contributed by atoms with Gasteiger partial charge in [-0.15, -0.1) is 11.3 Å². The molecular weight excluding hydrogens is 362 g/mol. The van der Waals surface area contributed by atoms with Gasteiger partial charge in [-0.3, -0.25) is 19.0 Å². The highest BCUT2D eigenvalue weighted by molar-refractivity contribution is 7.18. The maximum Gasteiger partial charge on any atom is 0.262 e. The summed E-state index contributed by atoms with van der Waals surface area (Å²) >= 11 is 1.59. The van der Waals surface area contributed by atoms with E-state index in [0.29, 0.717) is 17.4 Å². The normalized spacial score (nSPS) is 15.4. The van der Waals surface area contributed by atoms with Gasteiger partial charge in [0.15, 0.2) is 5.78 Å². The van der Waals surface area contributed by atoms with E-state index in [9.17, 15) is 14.4 Å². The topological polar surface area (TPSA) is 72.3 Å². The maximum absolute atomic E-state index is 12.9. The summed E-state index contributed by atoms with van der Waals surface area (Å²) in [6.07, 6.45) is 4.78. The van der Waals surface area contributed by atoms with E-state index in [1.54, 1.807) is 41.5 Å². The highest BCUT2D eigenvalue weighted by atomic mass is 32.1. The number of fused-ring (bicyclic) bond motifs is 4. The van der Waals surface area contributed by atoms with E-state index in [4.69, 9.17) is 0 Å². The molecule has 1 aromatic carbocycles. The molecule has 5 rings (SSSR count). The van der Waals surface area contributed by atoms with Crippen LogP contribution < -0.4 is 10.5 Å². The molecule has 0 N–H and O–H groups in total. The summed E-state index contributed by atoms with van der Waals surface area (Å²) < 4.78 is 1.40. The zero-order valence-electron chi connectivity index (χ0n) is 14.8. The fourth-order valence-corrected chi connectivity index (χ4v) is 5.24. The Balaban J connectivity index is 1.48. The van der Waals surface area contributed by atoms with E-state index in [2.05, 4.69) is 4.98 Å². The largest absolute Gasteiger partial charge is 0.315 e. The molecular formula is C20H17N3O3S. The molecule has 2 aliphatic rings. The number of anilines is 1. The van der Waals surface area contributed by atoms with Gasteiger partial charge in [0.05, 0.1) is 24.7 Å². The van der Waals surface area contributed by atoms with E-state index < -0.39 is 0 Å². The average molecular weight is 379 g/mol. The van der Waals surface area contributed by atoms with E-state index in [1.165, 1.54) is 15.8 Å². The van der Waals surface area contributed by atoms with Crippen LogP contribution in [0.15, 0.2) is 29.3 Å². The molecule has 2 aromatic heterocycles. The second-order valence-electron chi connectivity index (χ2n) is 7.11. The Bertz CT molecular complexity index is 1190. The number of hydrogen-bond acceptors (Lipinski definition) is 5. The predicted molar refractivity (Wildman–Crippen MR) is 104 cm³/mol. The van der Waals surface area contributed by atoms with E-state index in [-0.39, 0.29) is 23.8 Å². The lowest BCUT2D eigenvalue weighted by atomic mass is 10.0. The van der Waals surface area contributed by atoms with Crippen molar-refractivity contribution in [2.75, 3.05) is 11.9 Å². The van der Waals surface area contributed by atoms with E-state index in [1.807, 2.05) is 0 Å². The fraction of sp³-hybridized carbons (Fsp3) is 0.300. The van der Waals surface area contributed by atoms with Gasteiger partial charge in [-0.1, -0.05) is 0 Å². The minimum Gasteiger partial charge on any atom is -0.315 e. The molecule has 0 unspecified atom stereocenters. The Morgan fingerprint density at radius 3 is 2.96 bits per heavy atom. The molecule has 0 saturated carbocycles. The van der Waals surface area contributed by atoms with Crippen LogP contribution in [0.2, 0.25) is 0 Å². The van der Waals surface area contributed by atoms with Gasteiger partial charge < -0.3 is 4.90 Å². The van der Waals surface area contributed by atoms with Crippen LogP contribution in [0.5, 0.6) is 0 Å². The molecule has 0 saturated heterocycles. The maximum atomic E-state index is 12.9. The molecule has 1 amide bonds. The first kappa shape index (κ1) is 16.4. The number of carbonyl (C=O) groups excluding carboxylic acids is 2. The Kier molecular flexibility index (Phi) is 3.55. The van der Waals surface area contributed by atoms with E-state index in [0.717, 1.165) is 40.9 Å². The van der Waals surface area contributed by atoms with Gasteiger partial charge in [0.2, 0.25) is 5.91 Å². The molecule has 0 fully saturated rings. The van der Waals surface area contributed by atoms with Crippen LogP contribution in [0.1, 0.15) is 32.8 Å². The minimum atomic E-state index is -0.157. The molecule has 27 heavy (non-hydrogen) atoms. The van der Waals surface area contributed by atoms with Crippen LogP contribution in [-0.2, 0) is 30.6 Å². The average Bonchev–Trinajstić information content (AvgIpc) is 3.31. The molecule has 1 aliphatic carbocycles. The van der Waals surface area contributed by atoms with Crippen LogP contribution in [0.3, 0.4) is 0 Å². The van der Waals surface area contributed by atoms with Crippen molar-refractivity contribution >= 4 is 38.9 Å². The van der Waals surface area contributed by atoms with Crippen molar-refractivity contribution < 1.29 is 9.59 Å². The summed E-state index contributed by atoms with van der Waals surface area (Å²) in [5, 5.41) is 0.684. The zero-order chi connectivity index (χ0) is 18.7. The van der Waals surface area contributed by atoms with Crippen molar-refractivity contribution in [1.29, 1.82) is 0 Å². The molecule has 0 spiro atoms. The third kappa shape index (κ3) is 2.45. The summed E-state index contributed by atoms with van der Waals surface area (Å²) in [4.78, 5) is 45.5. The number of nitrogens with zero attached hydrogens (tertiary/aromatic N) is 3. The quantitative estimate of drug-likeness (QED) is 0.655. The van der Waals surface area contributed by atoms with Crippen molar-refractivity contribution in [3.05, 3.63) is 56.4 Å². The number of benzene rings is 1. The second kappa shape index (κ2) is 5.85. The summed E-state index contributed by atoms with van der Waals surface area (Å²) in [5.41, 5.74) is 3.19. The Labute approximate surface area is 159 Å². The SMILES string of the molecule is CN1C(=O)Cc2cc(C(=O)Cn3cnc4sc5c(c4c3=O)CCC5)ccc21. The van der Waals surface area contributed by atoms with Crippen LogP contribution in [-0.4, -0.2) is 28.3 Å². The number of carbonyl (C=O) groups is 2. The van der Waals surface area contributed by atoms with Crippen molar-refractivity contribution in [3.8, 4) is 0 Å². The number of aromatic nitrogens is 2. The van der Waals surface area contributed by atoms with Gasteiger partial charge in [-0.2, -0.15) is 0 Å². The van der Waals surface area contributed by atoms with Crippen LogP contribution in [0.25, 0.3) is 10.2 Å². The number of Topliss-reactive ketones (excluding diaryl/α,β-unsaturated/α-hetero) is 1. The summed E-state index contributed by atoms with van der Waals surface area (Å²) in [6, 6.07) is 5.28. The predicted octanol–water partition coefficient (Wildman–Crippen LogP) is 2.35. The molecule has 0 radical (unpaired) electrons. The van der Waals surface area contributed by atoms with Gasteiger partial charge in [0.1, 0.15) is 4.83 Å². The molecule has 0 bridgehead atoms. The standard InChI is InChI=1S/C20H17N3O3S/c1-22-14-6-5-11(7-12(14)8-17(22)25)15(24)9-23-10-21-19-18(20(23)26)13-3-2-4-16(13)27-19/h5-7,10H,2-4,8-9H2,1H3. The summed E-state index contributed by atoms with van der Waals surface area (Å²) in [7, 11) is 1.73. The molecule has 0 atom stereocenters. The van der Waals surface area contributed by atoms with Crippen molar-refractivity contribution in [3.63, 3.8) is 0 Å². The Morgan fingerprint density at radius 2 is 2.11 bits per heavy atom. The van der Waals surface area contributed by atoms with Crippen molar-refractivity contribution in [2.24, 2.45) is 0 Å². The first-order valence-electron chi connectivity index (χ1n) is 8.95. The van der Waals surface area contributed by atoms with Gasteiger partial charge >= 0.3 is 0 Å². The molecule has 3 heterocycles. The first-order valence-corrected chi connectivity index (χ1v) is 9.77. The lowest BCUT2D eigenvalue weighted by Crippen LogP contribution is -2.24. The zero-order valence-corrected chi connectivity index (χ0v) is 15.6. The molecule has 136 valence electrons. The molecule has 6 nitrogen and oxygen atoms in total. The van der Waals surface area contributed by atoms with Crippen molar-refractivity contribution in [1.82, 2.24) is 9.55 Å². The van der Waals surface area contributed by atoms with Gasteiger partial charge in [0, 0.05) is 23.2 Å².